The van der Waals surface area contributed by atoms with Crippen molar-refractivity contribution >= 4 is 35.0 Å². The summed E-state index contributed by atoms with van der Waals surface area (Å²) in [6.07, 6.45) is 0. The maximum absolute atomic E-state index is 10.3. The molecule has 0 aliphatic rings. The fourth-order valence-electron chi connectivity index (χ4n) is 1.65. The van der Waals surface area contributed by atoms with Gasteiger partial charge in [-0.3, -0.25) is 0 Å². The molecule has 0 radical (unpaired) electrons. The molecule has 0 unspecified atom stereocenters. The third kappa shape index (κ3) is 5.46. The molecular formula is C16H14MgO6. The molecule has 116 valence electrons. The topological polar surface area (TPSA) is 121 Å². The smallest absolute Gasteiger partial charge is 0.545 e. The zero-order valence-electron chi connectivity index (χ0n) is 12.7. The summed E-state index contributed by atoms with van der Waals surface area (Å²) in [5, 5.41) is 38.9. The van der Waals surface area contributed by atoms with Crippen molar-refractivity contribution in [1.82, 2.24) is 0 Å². The van der Waals surface area contributed by atoms with Crippen LogP contribution < -0.4 is 10.2 Å². The van der Waals surface area contributed by atoms with E-state index in [0.29, 0.717) is 11.1 Å². The first-order valence-corrected chi connectivity index (χ1v) is 6.25. The number of carboxylic acid groups (broad SMARTS) is 2. The Labute approximate surface area is 149 Å². The quantitative estimate of drug-likeness (QED) is 0.734. The number of phenols is 2. The summed E-state index contributed by atoms with van der Waals surface area (Å²) in [7, 11) is 0. The molecular weight excluding hydrogens is 312 g/mol. The molecule has 0 aliphatic carbocycles. The van der Waals surface area contributed by atoms with Crippen molar-refractivity contribution in [3.05, 3.63) is 58.7 Å². The van der Waals surface area contributed by atoms with Crippen LogP contribution in [0.5, 0.6) is 11.5 Å². The van der Waals surface area contributed by atoms with Crippen molar-refractivity contribution in [2.75, 3.05) is 0 Å². The number of aromatic carboxylic acids is 2. The van der Waals surface area contributed by atoms with Gasteiger partial charge in [-0.1, -0.05) is 24.3 Å². The van der Waals surface area contributed by atoms with Gasteiger partial charge in [0.15, 0.2) is 0 Å². The van der Waals surface area contributed by atoms with Gasteiger partial charge in [0, 0.05) is 11.1 Å². The number of para-hydroxylation sites is 2. The van der Waals surface area contributed by atoms with E-state index in [-0.39, 0.29) is 45.7 Å². The van der Waals surface area contributed by atoms with Gasteiger partial charge in [0.05, 0.1) is 11.9 Å². The van der Waals surface area contributed by atoms with Gasteiger partial charge in [-0.05, 0) is 37.1 Å². The number of rotatable bonds is 2. The van der Waals surface area contributed by atoms with Crippen LogP contribution in [0.3, 0.4) is 0 Å². The van der Waals surface area contributed by atoms with E-state index < -0.39 is 11.9 Å². The summed E-state index contributed by atoms with van der Waals surface area (Å²) in [6.45, 7) is 3.25. The first-order chi connectivity index (χ1) is 10.3. The average Bonchev–Trinajstić information content (AvgIpc) is 2.45. The zero-order valence-corrected chi connectivity index (χ0v) is 14.1. The van der Waals surface area contributed by atoms with Gasteiger partial charge >= 0.3 is 23.1 Å². The molecule has 0 aliphatic heterocycles. The van der Waals surface area contributed by atoms with Crippen LogP contribution in [0.25, 0.3) is 0 Å². The van der Waals surface area contributed by atoms with Crippen LogP contribution in [0.1, 0.15) is 31.8 Å². The van der Waals surface area contributed by atoms with E-state index in [9.17, 15) is 19.8 Å². The van der Waals surface area contributed by atoms with E-state index in [4.69, 9.17) is 10.2 Å². The van der Waals surface area contributed by atoms with Crippen LogP contribution in [0.4, 0.5) is 0 Å². The van der Waals surface area contributed by atoms with Crippen molar-refractivity contribution in [1.29, 1.82) is 0 Å². The number of hydrogen-bond acceptors (Lipinski definition) is 6. The maximum atomic E-state index is 10.3. The third-order valence-corrected chi connectivity index (χ3v) is 2.92. The van der Waals surface area contributed by atoms with E-state index in [1.54, 1.807) is 38.1 Å². The molecule has 23 heavy (non-hydrogen) atoms. The van der Waals surface area contributed by atoms with Gasteiger partial charge in [0.1, 0.15) is 11.5 Å². The molecule has 0 atom stereocenters. The van der Waals surface area contributed by atoms with Crippen molar-refractivity contribution in [3.8, 4) is 11.5 Å². The Morgan fingerprint density at radius 1 is 0.783 bits per heavy atom. The molecule has 6 nitrogen and oxygen atoms in total. The van der Waals surface area contributed by atoms with Gasteiger partial charge < -0.3 is 30.0 Å². The van der Waals surface area contributed by atoms with Crippen LogP contribution in [-0.4, -0.2) is 45.2 Å². The van der Waals surface area contributed by atoms with Crippen LogP contribution in [0, 0.1) is 13.8 Å². The Hall–Kier alpha value is -2.25. The number of aromatic hydroxyl groups is 2. The molecule has 0 amide bonds. The number of hydrogen-bond donors (Lipinski definition) is 2. The molecule has 0 spiro atoms. The summed E-state index contributed by atoms with van der Waals surface area (Å²) in [6, 6.07) is 8.97. The number of carbonyl (C=O) groups excluding carboxylic acids is 2. The van der Waals surface area contributed by atoms with Crippen LogP contribution in [-0.2, 0) is 0 Å². The number of carboxylic acids is 2. The molecule has 7 heteroatoms. The molecule has 0 fully saturated rings. The van der Waals surface area contributed by atoms with Crippen LogP contribution >= 0.6 is 0 Å². The van der Waals surface area contributed by atoms with Gasteiger partial charge in [-0.2, -0.15) is 0 Å². The summed E-state index contributed by atoms with van der Waals surface area (Å²) in [5.41, 5.74) is 0.744. The molecule has 0 aromatic heterocycles. The second kappa shape index (κ2) is 9.01. The van der Waals surface area contributed by atoms with Crippen molar-refractivity contribution in [2.24, 2.45) is 0 Å². The van der Waals surface area contributed by atoms with Gasteiger partial charge in [0.25, 0.3) is 0 Å². The molecule has 0 bridgehead atoms. The van der Waals surface area contributed by atoms with Crippen molar-refractivity contribution in [2.45, 2.75) is 13.8 Å². The summed E-state index contributed by atoms with van der Waals surface area (Å²) in [5.74, 6) is -3.14. The largest absolute Gasteiger partial charge is 2.00 e. The fourth-order valence-corrected chi connectivity index (χ4v) is 1.65. The predicted octanol–water partition coefficient (Wildman–Crippen LogP) is -0.253. The minimum atomic E-state index is -1.36. The van der Waals surface area contributed by atoms with Crippen LogP contribution in [0.15, 0.2) is 36.4 Å². The molecule has 0 heterocycles. The zero-order chi connectivity index (χ0) is 16.9. The maximum Gasteiger partial charge on any atom is 2.00 e. The normalized spacial score (nSPS) is 9.13. The minimum Gasteiger partial charge on any atom is -0.545 e. The molecule has 0 saturated heterocycles. The van der Waals surface area contributed by atoms with E-state index in [1.165, 1.54) is 12.1 Å². The van der Waals surface area contributed by atoms with E-state index in [1.807, 2.05) is 0 Å². The fraction of sp³-hybridized carbons (Fsp3) is 0.125. The number of aryl methyl sites for hydroxylation is 2. The Kier molecular flexibility index (Phi) is 8.13. The summed E-state index contributed by atoms with van der Waals surface area (Å²) >= 11 is 0. The molecule has 2 aromatic carbocycles. The summed E-state index contributed by atoms with van der Waals surface area (Å²) < 4.78 is 0. The number of carbonyl (C=O) groups is 2. The van der Waals surface area contributed by atoms with E-state index in [0.717, 1.165) is 0 Å². The van der Waals surface area contributed by atoms with Gasteiger partial charge in [0.2, 0.25) is 0 Å². The Morgan fingerprint density at radius 3 is 1.30 bits per heavy atom. The third-order valence-electron chi connectivity index (χ3n) is 2.92. The van der Waals surface area contributed by atoms with Gasteiger partial charge in [-0.15, -0.1) is 0 Å². The van der Waals surface area contributed by atoms with Gasteiger partial charge in [-0.25, -0.2) is 0 Å². The second-order valence-electron chi connectivity index (χ2n) is 4.52. The van der Waals surface area contributed by atoms with E-state index in [2.05, 4.69) is 0 Å². The average molecular weight is 327 g/mol. The van der Waals surface area contributed by atoms with Crippen LogP contribution in [0.2, 0.25) is 0 Å². The Morgan fingerprint density at radius 2 is 1.09 bits per heavy atom. The minimum absolute atomic E-state index is 0. The Bertz CT molecular complexity index is 650. The molecule has 2 N–H and O–H groups in total. The first kappa shape index (κ1) is 20.7. The SMILES string of the molecule is Cc1cccc(C(=O)[O-])c1O.Cc1cccc(C(=O)[O-])c1O.[Mg+2]. The molecule has 2 aromatic rings. The van der Waals surface area contributed by atoms with E-state index >= 15 is 0 Å². The monoisotopic (exact) mass is 326 g/mol. The summed E-state index contributed by atoms with van der Waals surface area (Å²) in [4.78, 5) is 20.6. The standard InChI is InChI=1S/2C8H8O3.Mg/c2*1-5-3-2-4-6(7(5)9)8(10)11;/h2*2-4,9H,1H3,(H,10,11);/q;;+2/p-2. The molecule has 0 saturated carbocycles. The Balaban J connectivity index is 0.000000403. The van der Waals surface area contributed by atoms with Crippen molar-refractivity contribution < 1.29 is 30.0 Å². The second-order valence-corrected chi connectivity index (χ2v) is 4.52. The predicted molar refractivity (Wildman–Crippen MR) is 80.1 cm³/mol. The van der Waals surface area contributed by atoms with Crippen molar-refractivity contribution in [3.63, 3.8) is 0 Å². The molecule has 2 rings (SSSR count). The first-order valence-electron chi connectivity index (χ1n) is 6.25. The number of benzene rings is 2.